The Bertz CT molecular complexity index is 491. The molecule has 4 heteroatoms. The van der Waals surface area contributed by atoms with Crippen LogP contribution in [-0.4, -0.2) is 31.3 Å². The second-order valence-electron chi connectivity index (χ2n) is 6.27. The van der Waals surface area contributed by atoms with E-state index in [9.17, 15) is 4.39 Å². The molecule has 108 valence electrons. The lowest BCUT2D eigenvalue weighted by Crippen LogP contribution is -2.43. The molecule has 2 atom stereocenters. The molecule has 2 unspecified atom stereocenters. The SMILES string of the molecule is Fc1cccc(CNC2CC2)c1N1CC2CCC(C1)O2. The van der Waals surface area contributed by atoms with Gasteiger partial charge in [0, 0.05) is 25.7 Å². The normalized spacial score (nSPS) is 28.9. The van der Waals surface area contributed by atoms with Crippen molar-refractivity contribution in [1.82, 2.24) is 5.32 Å². The molecule has 3 aliphatic rings. The minimum absolute atomic E-state index is 0.0959. The molecule has 0 amide bonds. The highest BCUT2D eigenvalue weighted by Crippen LogP contribution is 2.33. The Hall–Kier alpha value is -1.13. The first-order chi connectivity index (χ1) is 9.79. The number of halogens is 1. The number of morpholine rings is 1. The molecular weight excluding hydrogens is 255 g/mol. The number of anilines is 1. The van der Waals surface area contributed by atoms with Crippen LogP contribution in [0.25, 0.3) is 0 Å². The molecule has 0 spiro atoms. The summed E-state index contributed by atoms with van der Waals surface area (Å²) in [5, 5.41) is 3.49. The van der Waals surface area contributed by atoms with Crippen molar-refractivity contribution in [3.63, 3.8) is 0 Å². The maximum Gasteiger partial charge on any atom is 0.146 e. The maximum atomic E-state index is 14.3. The summed E-state index contributed by atoms with van der Waals surface area (Å²) in [7, 11) is 0. The van der Waals surface area contributed by atoms with Crippen LogP contribution in [0, 0.1) is 5.82 Å². The fraction of sp³-hybridized carbons (Fsp3) is 0.625. The summed E-state index contributed by atoms with van der Waals surface area (Å²) in [5.41, 5.74) is 1.87. The molecule has 0 aromatic heterocycles. The van der Waals surface area contributed by atoms with E-state index in [1.165, 1.54) is 12.8 Å². The van der Waals surface area contributed by atoms with Crippen LogP contribution in [0.2, 0.25) is 0 Å². The van der Waals surface area contributed by atoms with Crippen LogP contribution < -0.4 is 10.2 Å². The highest BCUT2D eigenvalue weighted by Gasteiger charge is 2.35. The molecule has 20 heavy (non-hydrogen) atoms. The first kappa shape index (κ1) is 12.6. The van der Waals surface area contributed by atoms with Gasteiger partial charge in [0.05, 0.1) is 17.9 Å². The van der Waals surface area contributed by atoms with E-state index in [0.717, 1.165) is 43.7 Å². The van der Waals surface area contributed by atoms with Crippen molar-refractivity contribution in [3.05, 3.63) is 29.6 Å². The molecule has 2 saturated heterocycles. The van der Waals surface area contributed by atoms with Crippen molar-refractivity contribution in [2.24, 2.45) is 0 Å². The lowest BCUT2D eigenvalue weighted by atomic mass is 10.1. The zero-order valence-corrected chi connectivity index (χ0v) is 11.6. The van der Waals surface area contributed by atoms with Crippen molar-refractivity contribution >= 4 is 5.69 Å². The molecule has 3 nitrogen and oxygen atoms in total. The zero-order chi connectivity index (χ0) is 13.5. The molecule has 4 rings (SSSR count). The van der Waals surface area contributed by atoms with E-state index >= 15 is 0 Å². The average molecular weight is 276 g/mol. The van der Waals surface area contributed by atoms with E-state index in [2.05, 4.69) is 10.2 Å². The molecule has 3 fully saturated rings. The van der Waals surface area contributed by atoms with Crippen LogP contribution in [-0.2, 0) is 11.3 Å². The van der Waals surface area contributed by atoms with Crippen molar-refractivity contribution in [3.8, 4) is 0 Å². The standard InChI is InChI=1S/C16H21FN2O/c17-15-3-1-2-11(8-18-12-4-5-12)16(15)19-9-13-6-7-14(10-19)20-13/h1-3,12-14,18H,4-10H2. The van der Waals surface area contributed by atoms with Gasteiger partial charge >= 0.3 is 0 Å². The predicted molar refractivity (Wildman–Crippen MR) is 76.4 cm³/mol. The number of hydrogen-bond acceptors (Lipinski definition) is 3. The number of benzene rings is 1. The summed E-state index contributed by atoms with van der Waals surface area (Å²) in [4.78, 5) is 2.20. The molecule has 0 radical (unpaired) electrons. The third-order valence-electron chi connectivity index (χ3n) is 4.59. The predicted octanol–water partition coefficient (Wildman–Crippen LogP) is 2.45. The average Bonchev–Trinajstić information content (AvgIpc) is 3.21. The highest BCUT2D eigenvalue weighted by molar-refractivity contribution is 5.55. The Balaban J connectivity index is 1.58. The van der Waals surface area contributed by atoms with E-state index in [1.54, 1.807) is 6.07 Å². The number of nitrogens with one attached hydrogen (secondary N) is 1. The number of nitrogens with zero attached hydrogens (tertiary/aromatic N) is 1. The number of fused-ring (bicyclic) bond motifs is 2. The zero-order valence-electron chi connectivity index (χ0n) is 11.6. The molecule has 1 aromatic rings. The van der Waals surface area contributed by atoms with E-state index in [4.69, 9.17) is 4.74 Å². The molecular formula is C16H21FN2O. The van der Waals surface area contributed by atoms with Gasteiger partial charge in [0.15, 0.2) is 0 Å². The monoisotopic (exact) mass is 276 g/mol. The Morgan fingerprint density at radius 2 is 1.90 bits per heavy atom. The van der Waals surface area contributed by atoms with Crippen LogP contribution in [0.4, 0.5) is 10.1 Å². The van der Waals surface area contributed by atoms with E-state index in [1.807, 2.05) is 12.1 Å². The summed E-state index contributed by atoms with van der Waals surface area (Å²) in [6.07, 6.45) is 5.32. The second-order valence-corrected chi connectivity index (χ2v) is 6.27. The molecule has 1 aliphatic carbocycles. The largest absolute Gasteiger partial charge is 0.371 e. The number of rotatable bonds is 4. The van der Waals surface area contributed by atoms with E-state index in [-0.39, 0.29) is 18.0 Å². The highest BCUT2D eigenvalue weighted by atomic mass is 19.1. The van der Waals surface area contributed by atoms with Crippen molar-refractivity contribution in [1.29, 1.82) is 0 Å². The number of hydrogen-bond donors (Lipinski definition) is 1. The van der Waals surface area contributed by atoms with Gasteiger partial charge in [-0.2, -0.15) is 0 Å². The minimum atomic E-state index is -0.0959. The lowest BCUT2D eigenvalue weighted by molar-refractivity contribution is 0.0302. The molecule has 2 aliphatic heterocycles. The van der Waals surface area contributed by atoms with Crippen LogP contribution in [0.15, 0.2) is 18.2 Å². The van der Waals surface area contributed by atoms with Crippen LogP contribution in [0.1, 0.15) is 31.2 Å². The van der Waals surface area contributed by atoms with Crippen LogP contribution in [0.3, 0.4) is 0 Å². The third-order valence-corrected chi connectivity index (χ3v) is 4.59. The molecule has 1 N–H and O–H groups in total. The van der Waals surface area contributed by atoms with Gasteiger partial charge in [0.25, 0.3) is 0 Å². The van der Waals surface area contributed by atoms with Crippen LogP contribution >= 0.6 is 0 Å². The summed E-state index contributed by atoms with van der Waals surface area (Å²) in [5.74, 6) is -0.0959. The van der Waals surface area contributed by atoms with Crippen molar-refractivity contribution < 1.29 is 9.13 Å². The fourth-order valence-corrected chi connectivity index (χ4v) is 3.40. The lowest BCUT2D eigenvalue weighted by Gasteiger charge is -2.35. The van der Waals surface area contributed by atoms with Gasteiger partial charge < -0.3 is 15.0 Å². The summed E-state index contributed by atoms with van der Waals surface area (Å²) in [6, 6.07) is 6.09. The molecule has 2 bridgehead atoms. The molecule has 1 saturated carbocycles. The molecule has 2 heterocycles. The van der Waals surface area contributed by atoms with Gasteiger partial charge in [-0.05, 0) is 37.3 Å². The van der Waals surface area contributed by atoms with Gasteiger partial charge in [0.1, 0.15) is 5.82 Å². The Morgan fingerprint density at radius 3 is 2.60 bits per heavy atom. The Morgan fingerprint density at radius 1 is 1.15 bits per heavy atom. The van der Waals surface area contributed by atoms with Crippen molar-refractivity contribution in [2.45, 2.75) is 50.5 Å². The summed E-state index contributed by atoms with van der Waals surface area (Å²) < 4.78 is 20.2. The first-order valence-electron chi connectivity index (χ1n) is 7.71. The Kier molecular flexibility index (Phi) is 3.15. The summed E-state index contributed by atoms with van der Waals surface area (Å²) in [6.45, 7) is 2.42. The van der Waals surface area contributed by atoms with E-state index in [0.29, 0.717) is 6.04 Å². The molecule has 1 aromatic carbocycles. The number of para-hydroxylation sites is 1. The van der Waals surface area contributed by atoms with Gasteiger partial charge in [-0.25, -0.2) is 4.39 Å². The third kappa shape index (κ3) is 2.42. The summed E-state index contributed by atoms with van der Waals surface area (Å²) >= 11 is 0. The first-order valence-corrected chi connectivity index (χ1v) is 7.71. The smallest absolute Gasteiger partial charge is 0.146 e. The van der Waals surface area contributed by atoms with Crippen molar-refractivity contribution in [2.75, 3.05) is 18.0 Å². The van der Waals surface area contributed by atoms with Gasteiger partial charge in [-0.3, -0.25) is 0 Å². The van der Waals surface area contributed by atoms with E-state index < -0.39 is 0 Å². The van der Waals surface area contributed by atoms with Crippen LogP contribution in [0.5, 0.6) is 0 Å². The van der Waals surface area contributed by atoms with Gasteiger partial charge in [-0.1, -0.05) is 12.1 Å². The Labute approximate surface area is 119 Å². The number of ether oxygens (including phenoxy) is 1. The topological polar surface area (TPSA) is 24.5 Å². The minimum Gasteiger partial charge on any atom is -0.371 e. The second kappa shape index (κ2) is 5.01. The quantitative estimate of drug-likeness (QED) is 0.914. The fourth-order valence-electron chi connectivity index (χ4n) is 3.40. The maximum absolute atomic E-state index is 14.3. The van der Waals surface area contributed by atoms with Gasteiger partial charge in [0.2, 0.25) is 0 Å². The van der Waals surface area contributed by atoms with Gasteiger partial charge in [-0.15, -0.1) is 0 Å².